The molecule has 1 aliphatic heterocycles. The molecule has 0 saturated heterocycles. The molecule has 3 heterocycles. The molecular formula is C12H17N5O2S. The van der Waals surface area contributed by atoms with Gasteiger partial charge in [-0.15, -0.1) is 0 Å². The van der Waals surface area contributed by atoms with Crippen LogP contribution in [0.3, 0.4) is 0 Å². The van der Waals surface area contributed by atoms with Crippen LogP contribution >= 0.6 is 0 Å². The fourth-order valence-corrected chi connectivity index (χ4v) is 3.51. The van der Waals surface area contributed by atoms with Crippen molar-refractivity contribution in [2.75, 3.05) is 5.75 Å². The van der Waals surface area contributed by atoms with E-state index < -0.39 is 10.0 Å². The van der Waals surface area contributed by atoms with Gasteiger partial charge in [0.15, 0.2) is 0 Å². The Balaban J connectivity index is 1.90. The quantitative estimate of drug-likeness (QED) is 0.815. The Morgan fingerprint density at radius 2 is 2.15 bits per heavy atom. The highest BCUT2D eigenvalue weighted by molar-refractivity contribution is 7.89. The van der Waals surface area contributed by atoms with Gasteiger partial charge < -0.3 is 4.57 Å². The van der Waals surface area contributed by atoms with Gasteiger partial charge >= 0.3 is 0 Å². The van der Waals surface area contributed by atoms with Gasteiger partial charge in [-0.3, -0.25) is 4.68 Å². The van der Waals surface area contributed by atoms with E-state index in [0.29, 0.717) is 19.6 Å². The van der Waals surface area contributed by atoms with Crippen molar-refractivity contribution in [3.05, 3.63) is 35.7 Å². The zero-order chi connectivity index (χ0) is 14.3. The first-order valence-electron chi connectivity index (χ1n) is 6.48. The molecule has 0 bridgehead atoms. The Kier molecular flexibility index (Phi) is 3.14. The summed E-state index contributed by atoms with van der Waals surface area (Å²) in [4.78, 5) is 4.01. The van der Waals surface area contributed by atoms with Gasteiger partial charge in [0, 0.05) is 31.5 Å². The third-order valence-electron chi connectivity index (χ3n) is 3.67. The molecule has 108 valence electrons. The van der Waals surface area contributed by atoms with Crippen LogP contribution in [-0.2, 0) is 36.7 Å². The summed E-state index contributed by atoms with van der Waals surface area (Å²) in [6, 6.07) is 0. The van der Waals surface area contributed by atoms with E-state index in [1.165, 1.54) is 4.31 Å². The number of fused-ring (bicyclic) bond motifs is 1. The first kappa shape index (κ1) is 13.3. The number of nitrogens with zero attached hydrogens (tertiary/aromatic N) is 5. The summed E-state index contributed by atoms with van der Waals surface area (Å²) in [5.41, 5.74) is 2.92. The van der Waals surface area contributed by atoms with E-state index in [1.807, 2.05) is 17.8 Å². The number of hydrogen-bond acceptors (Lipinski definition) is 4. The predicted molar refractivity (Wildman–Crippen MR) is 73.2 cm³/mol. The van der Waals surface area contributed by atoms with Crippen molar-refractivity contribution >= 4 is 10.0 Å². The molecular weight excluding hydrogens is 278 g/mol. The van der Waals surface area contributed by atoms with E-state index in [0.717, 1.165) is 17.0 Å². The van der Waals surface area contributed by atoms with Crippen LogP contribution in [0.25, 0.3) is 0 Å². The molecule has 7 nitrogen and oxygen atoms in total. The SMILES string of the molecule is CCS(=O)(=O)N1Cc2c(Cn3ccnc3)nn(C)c2C1. The van der Waals surface area contributed by atoms with Crippen LogP contribution in [0, 0.1) is 0 Å². The normalized spacial score (nSPS) is 15.7. The first-order valence-corrected chi connectivity index (χ1v) is 8.09. The fraction of sp³-hybridized carbons (Fsp3) is 0.500. The van der Waals surface area contributed by atoms with E-state index in [4.69, 9.17) is 0 Å². The van der Waals surface area contributed by atoms with E-state index in [1.54, 1.807) is 24.1 Å². The first-order chi connectivity index (χ1) is 9.51. The van der Waals surface area contributed by atoms with Crippen LogP contribution in [-0.4, -0.2) is 37.8 Å². The summed E-state index contributed by atoms with van der Waals surface area (Å²) in [6.45, 7) is 3.12. The monoisotopic (exact) mass is 295 g/mol. The molecule has 1 aliphatic rings. The van der Waals surface area contributed by atoms with Crippen LogP contribution in [0.5, 0.6) is 0 Å². The number of hydrogen-bond donors (Lipinski definition) is 0. The van der Waals surface area contributed by atoms with Gasteiger partial charge in [-0.05, 0) is 6.92 Å². The molecule has 8 heteroatoms. The Labute approximate surface area is 117 Å². The van der Waals surface area contributed by atoms with Crippen molar-refractivity contribution in [1.29, 1.82) is 0 Å². The van der Waals surface area contributed by atoms with E-state index in [2.05, 4.69) is 10.1 Å². The van der Waals surface area contributed by atoms with Crippen molar-refractivity contribution < 1.29 is 8.42 Å². The fourth-order valence-electron chi connectivity index (χ4n) is 2.50. The number of aromatic nitrogens is 4. The summed E-state index contributed by atoms with van der Waals surface area (Å²) in [5.74, 6) is 0.130. The van der Waals surface area contributed by atoms with Crippen molar-refractivity contribution in [3.63, 3.8) is 0 Å². The second kappa shape index (κ2) is 4.71. The average Bonchev–Trinajstić information content (AvgIpc) is 3.10. The molecule has 0 fully saturated rings. The topological polar surface area (TPSA) is 73.0 Å². The summed E-state index contributed by atoms with van der Waals surface area (Å²) < 4.78 is 29.2. The van der Waals surface area contributed by atoms with E-state index in [9.17, 15) is 8.42 Å². The molecule has 20 heavy (non-hydrogen) atoms. The van der Waals surface area contributed by atoms with Crippen LogP contribution in [0.15, 0.2) is 18.7 Å². The van der Waals surface area contributed by atoms with Gasteiger partial charge in [0.25, 0.3) is 0 Å². The maximum absolute atomic E-state index is 12.0. The molecule has 0 atom stereocenters. The summed E-state index contributed by atoms with van der Waals surface area (Å²) >= 11 is 0. The highest BCUT2D eigenvalue weighted by atomic mass is 32.2. The smallest absolute Gasteiger partial charge is 0.214 e. The van der Waals surface area contributed by atoms with Crippen molar-refractivity contribution in [2.45, 2.75) is 26.6 Å². The lowest BCUT2D eigenvalue weighted by Gasteiger charge is -2.14. The highest BCUT2D eigenvalue weighted by Crippen LogP contribution is 2.28. The Hall–Kier alpha value is -1.67. The van der Waals surface area contributed by atoms with Gasteiger partial charge in [-0.2, -0.15) is 9.40 Å². The Morgan fingerprint density at radius 3 is 2.80 bits per heavy atom. The number of rotatable bonds is 4. The third-order valence-corrected chi connectivity index (χ3v) is 5.44. The summed E-state index contributed by atoms with van der Waals surface area (Å²) in [6.07, 6.45) is 5.32. The minimum Gasteiger partial charge on any atom is -0.331 e. The van der Waals surface area contributed by atoms with Crippen LogP contribution in [0.2, 0.25) is 0 Å². The van der Waals surface area contributed by atoms with Crippen LogP contribution < -0.4 is 0 Å². The second-order valence-electron chi connectivity index (χ2n) is 4.90. The Bertz CT molecular complexity index is 717. The predicted octanol–water partition coefficient (Wildman–Crippen LogP) is 0.330. The van der Waals surface area contributed by atoms with E-state index in [-0.39, 0.29) is 5.75 Å². The third kappa shape index (κ3) is 2.14. The zero-order valence-electron chi connectivity index (χ0n) is 11.5. The van der Waals surface area contributed by atoms with Crippen LogP contribution in [0.1, 0.15) is 23.9 Å². The lowest BCUT2D eigenvalue weighted by molar-refractivity contribution is 0.420. The molecule has 0 aliphatic carbocycles. The zero-order valence-corrected chi connectivity index (χ0v) is 12.3. The van der Waals surface area contributed by atoms with Crippen molar-refractivity contribution in [1.82, 2.24) is 23.6 Å². The molecule has 0 spiro atoms. The lowest BCUT2D eigenvalue weighted by atomic mass is 10.2. The maximum Gasteiger partial charge on any atom is 0.214 e. The molecule has 2 aromatic heterocycles. The molecule has 3 rings (SSSR count). The molecule has 2 aromatic rings. The van der Waals surface area contributed by atoms with E-state index >= 15 is 0 Å². The van der Waals surface area contributed by atoms with Gasteiger partial charge in [0.1, 0.15) is 0 Å². The molecule has 0 unspecified atom stereocenters. The number of sulfonamides is 1. The molecule has 0 radical (unpaired) electrons. The lowest BCUT2D eigenvalue weighted by Crippen LogP contribution is -2.28. The highest BCUT2D eigenvalue weighted by Gasteiger charge is 2.32. The second-order valence-corrected chi connectivity index (χ2v) is 7.16. The molecule has 0 saturated carbocycles. The molecule has 0 aromatic carbocycles. The van der Waals surface area contributed by atoms with Gasteiger partial charge in [-0.1, -0.05) is 0 Å². The molecule has 0 N–H and O–H groups in total. The average molecular weight is 295 g/mol. The number of aryl methyl sites for hydroxylation is 1. The maximum atomic E-state index is 12.0. The Morgan fingerprint density at radius 1 is 1.35 bits per heavy atom. The van der Waals surface area contributed by atoms with Gasteiger partial charge in [-0.25, -0.2) is 13.4 Å². The van der Waals surface area contributed by atoms with Gasteiger partial charge in [0.2, 0.25) is 10.0 Å². The standard InChI is InChI=1S/C12H17N5O2S/c1-3-20(18,19)17-6-10-11(7-16-5-4-13-9-16)14-15(2)12(10)8-17/h4-5,9H,3,6-8H2,1-2H3. The van der Waals surface area contributed by atoms with Crippen molar-refractivity contribution in [3.8, 4) is 0 Å². The van der Waals surface area contributed by atoms with Crippen molar-refractivity contribution in [2.24, 2.45) is 7.05 Å². The minimum atomic E-state index is -3.16. The van der Waals surface area contributed by atoms with Crippen LogP contribution in [0.4, 0.5) is 0 Å². The largest absolute Gasteiger partial charge is 0.331 e. The minimum absolute atomic E-state index is 0.130. The molecule has 0 amide bonds. The summed E-state index contributed by atoms with van der Waals surface area (Å²) in [5, 5.41) is 4.50. The number of imidazole rings is 1. The van der Waals surface area contributed by atoms with Gasteiger partial charge in [0.05, 0.1) is 36.6 Å². The summed E-state index contributed by atoms with van der Waals surface area (Å²) in [7, 11) is -1.30.